The minimum atomic E-state index is -0.448. The molecule has 0 bridgehead atoms. The van der Waals surface area contributed by atoms with Crippen molar-refractivity contribution in [1.82, 2.24) is 0 Å². The smallest absolute Gasteiger partial charge is 0.130 e. The molecule has 0 radical (unpaired) electrons. The first kappa shape index (κ1) is 9.52. The van der Waals surface area contributed by atoms with Gasteiger partial charge < -0.3 is 0 Å². The van der Waals surface area contributed by atoms with E-state index in [0.717, 1.165) is 5.75 Å². The predicted octanol–water partition coefficient (Wildman–Crippen LogP) is 3.22. The van der Waals surface area contributed by atoms with Crippen molar-refractivity contribution in [3.63, 3.8) is 0 Å². The molecule has 0 spiro atoms. The Morgan fingerprint density at radius 2 is 1.83 bits per heavy atom. The molecule has 0 unspecified atom stereocenters. The largest absolute Gasteiger partial charge is 0.207 e. The summed E-state index contributed by atoms with van der Waals surface area (Å²) in [6.45, 7) is 1.96. The highest BCUT2D eigenvalue weighted by atomic mass is 32.2. The van der Waals surface area contributed by atoms with Gasteiger partial charge in [-0.15, -0.1) is 0 Å². The molecule has 0 aliphatic carbocycles. The van der Waals surface area contributed by atoms with Crippen LogP contribution in [0.3, 0.4) is 0 Å². The summed E-state index contributed by atoms with van der Waals surface area (Å²) in [5, 5.41) is 0. The minimum absolute atomic E-state index is 0.185. The third-order valence-electron chi connectivity index (χ3n) is 1.51. The molecule has 0 fully saturated rings. The van der Waals surface area contributed by atoms with Gasteiger partial charge in [0.25, 0.3) is 0 Å². The monoisotopic (exact) mass is 188 g/mol. The zero-order chi connectivity index (χ0) is 8.97. The molecule has 0 aromatic heterocycles. The van der Waals surface area contributed by atoms with Crippen molar-refractivity contribution < 1.29 is 8.78 Å². The lowest BCUT2D eigenvalue weighted by atomic mass is 10.2. The van der Waals surface area contributed by atoms with Gasteiger partial charge in [0.2, 0.25) is 0 Å². The molecular formula is C9H10F2S. The number of rotatable bonds is 3. The molecule has 0 aliphatic heterocycles. The summed E-state index contributed by atoms with van der Waals surface area (Å²) in [6.07, 6.45) is 0. The van der Waals surface area contributed by atoms with Gasteiger partial charge in [0.1, 0.15) is 11.6 Å². The molecule has 0 aliphatic rings. The summed E-state index contributed by atoms with van der Waals surface area (Å²) < 4.78 is 25.8. The average molecular weight is 188 g/mol. The minimum Gasteiger partial charge on any atom is -0.207 e. The Morgan fingerprint density at radius 1 is 1.25 bits per heavy atom. The van der Waals surface area contributed by atoms with Gasteiger partial charge in [-0.1, -0.05) is 13.0 Å². The van der Waals surface area contributed by atoms with Crippen LogP contribution in [-0.2, 0) is 5.75 Å². The maximum absolute atomic E-state index is 12.9. The number of benzene rings is 1. The Balaban J connectivity index is 2.81. The number of hydrogen-bond donors (Lipinski definition) is 0. The fourth-order valence-electron chi connectivity index (χ4n) is 0.874. The number of halogens is 2. The Morgan fingerprint density at radius 3 is 2.33 bits per heavy atom. The molecular weight excluding hydrogens is 178 g/mol. The third kappa shape index (κ3) is 2.21. The summed E-state index contributed by atoms with van der Waals surface area (Å²) in [5.41, 5.74) is 0.185. The molecule has 1 aromatic carbocycles. The SMILES string of the molecule is CCSCc1c(F)cccc1F. The summed E-state index contributed by atoms with van der Waals surface area (Å²) in [7, 11) is 0. The fourth-order valence-corrected chi connectivity index (χ4v) is 1.56. The van der Waals surface area contributed by atoms with Crippen molar-refractivity contribution in [2.45, 2.75) is 12.7 Å². The van der Waals surface area contributed by atoms with Crippen LogP contribution in [0.25, 0.3) is 0 Å². The third-order valence-corrected chi connectivity index (χ3v) is 2.41. The summed E-state index contributed by atoms with van der Waals surface area (Å²) in [5.74, 6) is 0.384. The van der Waals surface area contributed by atoms with Crippen molar-refractivity contribution in [1.29, 1.82) is 0 Å². The topological polar surface area (TPSA) is 0 Å². The zero-order valence-electron chi connectivity index (χ0n) is 6.81. The normalized spacial score (nSPS) is 10.2. The van der Waals surface area contributed by atoms with Crippen LogP contribution in [0.4, 0.5) is 8.78 Å². The fraction of sp³-hybridized carbons (Fsp3) is 0.333. The second-order valence-corrected chi connectivity index (χ2v) is 3.61. The van der Waals surface area contributed by atoms with Crippen molar-refractivity contribution in [3.05, 3.63) is 35.4 Å². The van der Waals surface area contributed by atoms with Crippen LogP contribution in [0.2, 0.25) is 0 Å². The quantitative estimate of drug-likeness (QED) is 0.701. The highest BCUT2D eigenvalue weighted by Gasteiger charge is 2.06. The first-order chi connectivity index (χ1) is 5.75. The van der Waals surface area contributed by atoms with E-state index in [4.69, 9.17) is 0 Å². The number of thioether (sulfide) groups is 1. The Labute approximate surface area is 75.0 Å². The molecule has 12 heavy (non-hydrogen) atoms. The van der Waals surface area contributed by atoms with E-state index in [1.54, 1.807) is 0 Å². The van der Waals surface area contributed by atoms with Gasteiger partial charge in [-0.3, -0.25) is 0 Å². The van der Waals surface area contributed by atoms with Crippen LogP contribution in [0.15, 0.2) is 18.2 Å². The average Bonchev–Trinajstić information content (AvgIpc) is 2.04. The Kier molecular flexibility index (Phi) is 3.53. The lowest BCUT2D eigenvalue weighted by Crippen LogP contribution is -1.92. The van der Waals surface area contributed by atoms with Crippen molar-refractivity contribution in [2.75, 3.05) is 5.75 Å². The molecule has 0 nitrogen and oxygen atoms in total. The van der Waals surface area contributed by atoms with E-state index in [0.29, 0.717) is 5.75 Å². The van der Waals surface area contributed by atoms with Gasteiger partial charge in [0, 0.05) is 11.3 Å². The van der Waals surface area contributed by atoms with E-state index in [-0.39, 0.29) is 5.56 Å². The predicted molar refractivity (Wildman–Crippen MR) is 48.2 cm³/mol. The Hall–Kier alpha value is -0.570. The maximum Gasteiger partial charge on any atom is 0.130 e. The van der Waals surface area contributed by atoms with E-state index in [1.807, 2.05) is 6.92 Å². The van der Waals surface area contributed by atoms with E-state index < -0.39 is 11.6 Å². The van der Waals surface area contributed by atoms with Gasteiger partial charge in [0.05, 0.1) is 0 Å². The highest BCUT2D eigenvalue weighted by Crippen LogP contribution is 2.18. The standard InChI is InChI=1S/C9H10F2S/c1-2-12-6-7-8(10)4-3-5-9(7)11/h3-5H,2,6H2,1H3. The first-order valence-corrected chi connectivity index (χ1v) is 4.91. The van der Waals surface area contributed by atoms with Crippen LogP contribution in [0.1, 0.15) is 12.5 Å². The van der Waals surface area contributed by atoms with Gasteiger partial charge in [-0.05, 0) is 17.9 Å². The molecule has 0 N–H and O–H groups in total. The molecule has 1 aromatic rings. The van der Waals surface area contributed by atoms with Crippen LogP contribution >= 0.6 is 11.8 Å². The summed E-state index contributed by atoms with van der Waals surface area (Å²) in [4.78, 5) is 0. The van der Waals surface area contributed by atoms with E-state index in [9.17, 15) is 8.78 Å². The van der Waals surface area contributed by atoms with Crippen LogP contribution in [0.5, 0.6) is 0 Å². The lowest BCUT2D eigenvalue weighted by Gasteiger charge is -2.02. The number of hydrogen-bond acceptors (Lipinski definition) is 1. The van der Waals surface area contributed by atoms with Crippen molar-refractivity contribution in [3.8, 4) is 0 Å². The maximum atomic E-state index is 12.9. The van der Waals surface area contributed by atoms with Gasteiger partial charge >= 0.3 is 0 Å². The molecule has 1 rings (SSSR count). The zero-order valence-corrected chi connectivity index (χ0v) is 7.63. The van der Waals surface area contributed by atoms with Crippen LogP contribution in [-0.4, -0.2) is 5.75 Å². The van der Waals surface area contributed by atoms with E-state index in [1.165, 1.54) is 30.0 Å². The van der Waals surface area contributed by atoms with Gasteiger partial charge in [-0.25, -0.2) is 8.78 Å². The summed E-state index contributed by atoms with van der Waals surface area (Å²) in [6, 6.07) is 3.95. The van der Waals surface area contributed by atoms with Gasteiger partial charge in [-0.2, -0.15) is 11.8 Å². The van der Waals surface area contributed by atoms with Crippen LogP contribution in [0, 0.1) is 11.6 Å². The van der Waals surface area contributed by atoms with Gasteiger partial charge in [0.15, 0.2) is 0 Å². The second kappa shape index (κ2) is 4.45. The van der Waals surface area contributed by atoms with E-state index >= 15 is 0 Å². The molecule has 0 saturated heterocycles. The van der Waals surface area contributed by atoms with Crippen molar-refractivity contribution in [2.24, 2.45) is 0 Å². The molecule has 0 saturated carbocycles. The van der Waals surface area contributed by atoms with Crippen LogP contribution < -0.4 is 0 Å². The van der Waals surface area contributed by atoms with Crippen molar-refractivity contribution >= 4 is 11.8 Å². The first-order valence-electron chi connectivity index (χ1n) is 3.76. The molecule has 3 heteroatoms. The lowest BCUT2D eigenvalue weighted by molar-refractivity contribution is 0.566. The Bertz CT molecular complexity index is 240. The summed E-state index contributed by atoms with van der Waals surface area (Å²) >= 11 is 1.51. The second-order valence-electron chi connectivity index (χ2n) is 2.34. The molecule has 0 heterocycles. The molecule has 66 valence electrons. The van der Waals surface area contributed by atoms with E-state index in [2.05, 4.69) is 0 Å². The highest BCUT2D eigenvalue weighted by molar-refractivity contribution is 7.98. The molecule has 0 amide bonds. The molecule has 0 atom stereocenters.